The Morgan fingerprint density at radius 1 is 1.35 bits per heavy atom. The monoisotopic (exact) mass is 227 g/mol. The molecule has 0 saturated heterocycles. The molecular weight excluding hydrogens is 218 g/mol. The third-order valence-electron chi connectivity index (χ3n) is 2.58. The van der Waals surface area contributed by atoms with Crippen LogP contribution in [0, 0.1) is 0 Å². The second kappa shape index (κ2) is 3.55. The van der Waals surface area contributed by atoms with Crippen LogP contribution in [0.25, 0.3) is 16.7 Å². The predicted molar refractivity (Wildman–Crippen MR) is 61.8 cm³/mol. The molecule has 0 N–H and O–H groups in total. The maximum absolute atomic E-state index is 11.4. The van der Waals surface area contributed by atoms with Crippen LogP contribution in [0.2, 0.25) is 0 Å². The highest BCUT2D eigenvalue weighted by Crippen LogP contribution is 2.15. The number of esters is 1. The molecule has 3 heterocycles. The lowest BCUT2D eigenvalue weighted by molar-refractivity contribution is 0.0595. The Balaban J connectivity index is 2.35. The van der Waals surface area contributed by atoms with Crippen molar-refractivity contribution in [2.75, 3.05) is 7.11 Å². The molecule has 3 rings (SSSR count). The number of fused-ring (bicyclic) bond motifs is 3. The van der Waals surface area contributed by atoms with Gasteiger partial charge in [-0.2, -0.15) is 0 Å². The fourth-order valence-corrected chi connectivity index (χ4v) is 1.79. The number of methoxy groups -OCH3 is 1. The highest BCUT2D eigenvalue weighted by atomic mass is 16.5. The molecule has 0 spiro atoms. The summed E-state index contributed by atoms with van der Waals surface area (Å²) in [7, 11) is 1.34. The Morgan fingerprint density at radius 2 is 2.24 bits per heavy atom. The summed E-state index contributed by atoms with van der Waals surface area (Å²) in [6.45, 7) is 0. The van der Waals surface area contributed by atoms with Gasteiger partial charge >= 0.3 is 5.97 Å². The van der Waals surface area contributed by atoms with Crippen molar-refractivity contribution in [3.05, 3.63) is 42.4 Å². The zero-order valence-electron chi connectivity index (χ0n) is 9.12. The summed E-state index contributed by atoms with van der Waals surface area (Å²) in [5.74, 6) is -0.446. The quantitative estimate of drug-likeness (QED) is 0.593. The van der Waals surface area contributed by atoms with E-state index in [0.717, 1.165) is 11.0 Å². The van der Waals surface area contributed by atoms with Gasteiger partial charge in [0.15, 0.2) is 5.69 Å². The summed E-state index contributed by atoms with van der Waals surface area (Å²) in [5.41, 5.74) is 1.73. The number of ether oxygens (including phenoxy) is 1. The number of imidazole rings is 1. The largest absolute Gasteiger partial charge is 0.464 e. The molecule has 17 heavy (non-hydrogen) atoms. The van der Waals surface area contributed by atoms with Crippen molar-refractivity contribution in [2.45, 2.75) is 0 Å². The first kappa shape index (κ1) is 9.77. The lowest BCUT2D eigenvalue weighted by Gasteiger charge is -1.98. The SMILES string of the molecule is COC(=O)c1cn2c(ccc3cccnc32)n1. The molecule has 84 valence electrons. The molecule has 0 radical (unpaired) electrons. The van der Waals surface area contributed by atoms with Gasteiger partial charge in [0, 0.05) is 17.8 Å². The van der Waals surface area contributed by atoms with Crippen LogP contribution in [-0.4, -0.2) is 27.4 Å². The minimum atomic E-state index is -0.446. The molecule has 3 aromatic rings. The van der Waals surface area contributed by atoms with E-state index >= 15 is 0 Å². The lowest BCUT2D eigenvalue weighted by atomic mass is 10.3. The van der Waals surface area contributed by atoms with E-state index in [4.69, 9.17) is 0 Å². The number of aromatic nitrogens is 3. The average Bonchev–Trinajstić information content (AvgIpc) is 2.82. The van der Waals surface area contributed by atoms with Gasteiger partial charge in [-0.1, -0.05) is 0 Å². The van der Waals surface area contributed by atoms with Crippen molar-refractivity contribution >= 4 is 22.6 Å². The Bertz CT molecular complexity index is 718. The summed E-state index contributed by atoms with van der Waals surface area (Å²) < 4.78 is 6.42. The van der Waals surface area contributed by atoms with Gasteiger partial charge in [0.05, 0.1) is 7.11 Å². The topological polar surface area (TPSA) is 56.5 Å². The van der Waals surface area contributed by atoms with E-state index in [2.05, 4.69) is 14.7 Å². The number of carbonyl (C=O) groups excluding carboxylic acids is 1. The first-order chi connectivity index (χ1) is 8.29. The Morgan fingerprint density at radius 3 is 3.06 bits per heavy atom. The van der Waals surface area contributed by atoms with Crippen molar-refractivity contribution in [1.82, 2.24) is 14.4 Å². The van der Waals surface area contributed by atoms with Crippen LogP contribution in [-0.2, 0) is 4.74 Å². The van der Waals surface area contributed by atoms with Crippen molar-refractivity contribution in [3.63, 3.8) is 0 Å². The van der Waals surface area contributed by atoms with Crippen LogP contribution < -0.4 is 0 Å². The van der Waals surface area contributed by atoms with Crippen LogP contribution in [0.3, 0.4) is 0 Å². The zero-order chi connectivity index (χ0) is 11.8. The third kappa shape index (κ3) is 1.44. The molecule has 0 aliphatic heterocycles. The average molecular weight is 227 g/mol. The Hall–Kier alpha value is -2.43. The van der Waals surface area contributed by atoms with Gasteiger partial charge in [0.2, 0.25) is 0 Å². The maximum atomic E-state index is 11.4. The normalized spacial score (nSPS) is 10.9. The number of nitrogens with zero attached hydrogens (tertiary/aromatic N) is 3. The van der Waals surface area contributed by atoms with Gasteiger partial charge in [0.25, 0.3) is 0 Å². The fraction of sp³-hybridized carbons (Fsp3) is 0.0833. The van der Waals surface area contributed by atoms with Crippen molar-refractivity contribution in [3.8, 4) is 0 Å². The van der Waals surface area contributed by atoms with E-state index in [0.29, 0.717) is 5.65 Å². The van der Waals surface area contributed by atoms with Crippen LogP contribution in [0.4, 0.5) is 0 Å². The summed E-state index contributed by atoms with van der Waals surface area (Å²) in [5, 5.41) is 0.994. The second-order valence-electron chi connectivity index (χ2n) is 3.60. The van der Waals surface area contributed by atoms with Gasteiger partial charge < -0.3 is 4.74 Å². The number of carbonyl (C=O) groups is 1. The molecule has 0 aliphatic rings. The standard InChI is InChI=1S/C12H9N3O2/c1-17-12(16)9-7-15-10(14-9)5-4-8-3-2-6-13-11(8)15/h2-7H,1H3. The van der Waals surface area contributed by atoms with Gasteiger partial charge in [-0.05, 0) is 24.3 Å². The maximum Gasteiger partial charge on any atom is 0.358 e. The van der Waals surface area contributed by atoms with Crippen LogP contribution in [0.15, 0.2) is 36.7 Å². The number of hydrogen-bond acceptors (Lipinski definition) is 4. The van der Waals surface area contributed by atoms with Crippen molar-refractivity contribution in [1.29, 1.82) is 0 Å². The summed E-state index contributed by atoms with van der Waals surface area (Å²) >= 11 is 0. The van der Waals surface area contributed by atoms with Gasteiger partial charge in [-0.25, -0.2) is 14.8 Å². The summed E-state index contributed by atoms with van der Waals surface area (Å²) in [4.78, 5) is 19.9. The molecule has 0 saturated carbocycles. The molecule has 3 aromatic heterocycles. The minimum absolute atomic E-state index is 0.283. The van der Waals surface area contributed by atoms with Crippen LogP contribution in [0.1, 0.15) is 10.5 Å². The molecule has 0 aliphatic carbocycles. The third-order valence-corrected chi connectivity index (χ3v) is 2.58. The number of hydrogen-bond donors (Lipinski definition) is 0. The van der Waals surface area contributed by atoms with Crippen LogP contribution in [0.5, 0.6) is 0 Å². The summed E-state index contributed by atoms with van der Waals surface area (Å²) in [6.07, 6.45) is 3.34. The molecule has 0 atom stereocenters. The highest BCUT2D eigenvalue weighted by molar-refractivity contribution is 5.89. The molecule has 0 unspecified atom stereocenters. The van der Waals surface area contributed by atoms with Gasteiger partial charge in [-0.15, -0.1) is 0 Å². The first-order valence-corrected chi connectivity index (χ1v) is 5.11. The van der Waals surface area contributed by atoms with E-state index < -0.39 is 5.97 Å². The molecule has 0 aromatic carbocycles. The minimum Gasteiger partial charge on any atom is -0.464 e. The molecule has 5 heteroatoms. The molecule has 5 nitrogen and oxygen atoms in total. The molecule has 0 amide bonds. The Kier molecular flexibility index (Phi) is 2.04. The lowest BCUT2D eigenvalue weighted by Crippen LogP contribution is -2.00. The van der Waals surface area contributed by atoms with E-state index in [1.807, 2.05) is 24.3 Å². The fourth-order valence-electron chi connectivity index (χ4n) is 1.79. The second-order valence-corrected chi connectivity index (χ2v) is 3.60. The van der Waals surface area contributed by atoms with Crippen LogP contribution >= 0.6 is 0 Å². The van der Waals surface area contributed by atoms with Crippen molar-refractivity contribution < 1.29 is 9.53 Å². The highest BCUT2D eigenvalue weighted by Gasteiger charge is 2.12. The van der Waals surface area contributed by atoms with E-state index in [1.54, 1.807) is 16.8 Å². The first-order valence-electron chi connectivity index (χ1n) is 5.11. The molecule has 0 bridgehead atoms. The number of pyridine rings is 2. The van der Waals surface area contributed by atoms with E-state index in [1.165, 1.54) is 7.11 Å². The van der Waals surface area contributed by atoms with Gasteiger partial charge in [0.1, 0.15) is 11.3 Å². The number of rotatable bonds is 1. The smallest absolute Gasteiger partial charge is 0.358 e. The van der Waals surface area contributed by atoms with Gasteiger partial charge in [-0.3, -0.25) is 4.40 Å². The molecule has 0 fully saturated rings. The predicted octanol–water partition coefficient (Wildman–Crippen LogP) is 1.67. The van der Waals surface area contributed by atoms with E-state index in [-0.39, 0.29) is 5.69 Å². The summed E-state index contributed by atoms with van der Waals surface area (Å²) in [6, 6.07) is 7.59. The van der Waals surface area contributed by atoms with E-state index in [9.17, 15) is 4.79 Å². The molecular formula is C12H9N3O2. The Labute approximate surface area is 96.7 Å². The van der Waals surface area contributed by atoms with Crippen molar-refractivity contribution in [2.24, 2.45) is 0 Å². The zero-order valence-corrected chi connectivity index (χ0v) is 9.12.